The molecule has 0 aromatic rings. The summed E-state index contributed by atoms with van der Waals surface area (Å²) in [6.07, 6.45) is -0.535. The molecule has 0 saturated heterocycles. The summed E-state index contributed by atoms with van der Waals surface area (Å²) < 4.78 is 0. The minimum Gasteiger partial charge on any atom is -0.480 e. The number of carbonyl (C=O) groups excluding carboxylic acids is 2. The molecular formula is C9H17N3O6. The number of aliphatic hydroxyl groups excluding tert-OH is 2. The number of hydrogen-bond donors (Lipinski definition) is 5. The van der Waals surface area contributed by atoms with Gasteiger partial charge in [-0.15, -0.1) is 0 Å². The number of primary amides is 1. The second-order valence-electron chi connectivity index (χ2n) is 3.45. The van der Waals surface area contributed by atoms with Crippen molar-refractivity contribution in [3.63, 3.8) is 0 Å². The molecule has 1 atom stereocenters. The van der Waals surface area contributed by atoms with E-state index < -0.39 is 30.4 Å². The fourth-order valence-electron chi connectivity index (χ4n) is 1.20. The first kappa shape index (κ1) is 16.1. The van der Waals surface area contributed by atoms with Crippen LogP contribution in [-0.2, 0) is 9.59 Å². The molecule has 3 amide bonds. The lowest BCUT2D eigenvalue weighted by atomic mass is 10.2. The van der Waals surface area contributed by atoms with E-state index in [1.165, 1.54) is 0 Å². The van der Waals surface area contributed by atoms with E-state index in [2.05, 4.69) is 5.32 Å². The van der Waals surface area contributed by atoms with Crippen LogP contribution in [0.3, 0.4) is 0 Å². The van der Waals surface area contributed by atoms with Gasteiger partial charge in [-0.3, -0.25) is 4.79 Å². The number of carboxylic acids is 1. The van der Waals surface area contributed by atoms with E-state index in [9.17, 15) is 14.4 Å². The van der Waals surface area contributed by atoms with Crippen molar-refractivity contribution in [2.45, 2.75) is 12.5 Å². The van der Waals surface area contributed by atoms with Crippen LogP contribution in [0.5, 0.6) is 0 Å². The zero-order chi connectivity index (χ0) is 14.1. The Kier molecular flexibility index (Phi) is 7.40. The van der Waals surface area contributed by atoms with Gasteiger partial charge in [-0.1, -0.05) is 0 Å². The second-order valence-corrected chi connectivity index (χ2v) is 3.45. The molecule has 0 rings (SSSR count). The molecule has 18 heavy (non-hydrogen) atoms. The van der Waals surface area contributed by atoms with Gasteiger partial charge in [0.15, 0.2) is 0 Å². The quantitative estimate of drug-likeness (QED) is 0.321. The summed E-state index contributed by atoms with van der Waals surface area (Å²) in [6.45, 7) is -0.785. The molecule has 0 saturated carbocycles. The molecular weight excluding hydrogens is 246 g/mol. The highest BCUT2D eigenvalue weighted by Gasteiger charge is 2.24. The first-order valence-electron chi connectivity index (χ1n) is 5.20. The van der Waals surface area contributed by atoms with Crippen molar-refractivity contribution in [2.24, 2.45) is 5.73 Å². The van der Waals surface area contributed by atoms with Gasteiger partial charge in [0.05, 0.1) is 19.6 Å². The van der Waals surface area contributed by atoms with Crippen LogP contribution < -0.4 is 11.1 Å². The predicted molar refractivity (Wildman–Crippen MR) is 59.5 cm³/mol. The van der Waals surface area contributed by atoms with Crippen molar-refractivity contribution < 1.29 is 29.7 Å². The van der Waals surface area contributed by atoms with Crippen LogP contribution >= 0.6 is 0 Å². The number of amides is 3. The lowest BCUT2D eigenvalue weighted by Gasteiger charge is -2.23. The highest BCUT2D eigenvalue weighted by molar-refractivity contribution is 5.87. The van der Waals surface area contributed by atoms with Crippen LogP contribution in [0.15, 0.2) is 0 Å². The highest BCUT2D eigenvalue weighted by Crippen LogP contribution is 1.96. The average Bonchev–Trinajstić information content (AvgIpc) is 2.27. The average molecular weight is 263 g/mol. The monoisotopic (exact) mass is 263 g/mol. The Labute approximate surface area is 103 Å². The van der Waals surface area contributed by atoms with E-state index in [1.807, 2.05) is 0 Å². The maximum absolute atomic E-state index is 11.6. The molecule has 0 aliphatic heterocycles. The van der Waals surface area contributed by atoms with E-state index in [1.54, 1.807) is 0 Å². The SMILES string of the molecule is NC(=O)C[C@H](NC(=O)N(CCO)CCO)C(=O)O. The standard InChI is InChI=1S/C9H17N3O6/c10-7(15)5-6(8(16)17)11-9(18)12(1-3-13)2-4-14/h6,13-14H,1-5H2,(H2,10,15)(H,11,18)(H,16,17)/t6-/m0/s1. The summed E-state index contributed by atoms with van der Waals surface area (Å²) in [5.41, 5.74) is 4.85. The first-order chi connectivity index (χ1) is 8.42. The van der Waals surface area contributed by atoms with Gasteiger partial charge in [0.2, 0.25) is 5.91 Å². The third-order valence-corrected chi connectivity index (χ3v) is 2.03. The maximum Gasteiger partial charge on any atom is 0.326 e. The lowest BCUT2D eigenvalue weighted by Crippen LogP contribution is -2.50. The van der Waals surface area contributed by atoms with Crippen LogP contribution in [0.2, 0.25) is 0 Å². The number of urea groups is 1. The van der Waals surface area contributed by atoms with Gasteiger partial charge in [0.25, 0.3) is 0 Å². The third-order valence-electron chi connectivity index (χ3n) is 2.03. The van der Waals surface area contributed by atoms with E-state index in [0.29, 0.717) is 0 Å². The van der Waals surface area contributed by atoms with Crippen molar-refractivity contribution in [3.05, 3.63) is 0 Å². The summed E-state index contributed by atoms with van der Waals surface area (Å²) in [5, 5.41) is 28.3. The molecule has 0 aliphatic rings. The summed E-state index contributed by atoms with van der Waals surface area (Å²) in [7, 11) is 0. The van der Waals surface area contributed by atoms with Gasteiger partial charge >= 0.3 is 12.0 Å². The lowest BCUT2D eigenvalue weighted by molar-refractivity contribution is -0.140. The summed E-state index contributed by atoms with van der Waals surface area (Å²) >= 11 is 0. The van der Waals surface area contributed by atoms with Crippen LogP contribution in [0.25, 0.3) is 0 Å². The van der Waals surface area contributed by atoms with Crippen molar-refractivity contribution in [2.75, 3.05) is 26.3 Å². The smallest absolute Gasteiger partial charge is 0.326 e. The molecule has 6 N–H and O–H groups in total. The Morgan fingerprint density at radius 3 is 2.00 bits per heavy atom. The van der Waals surface area contributed by atoms with E-state index in [4.69, 9.17) is 21.1 Å². The minimum absolute atomic E-state index is 0.0602. The normalized spacial score (nSPS) is 11.7. The number of carboxylic acid groups (broad SMARTS) is 1. The predicted octanol–water partition coefficient (Wildman–Crippen LogP) is -2.69. The number of nitrogens with zero attached hydrogens (tertiary/aromatic N) is 1. The van der Waals surface area contributed by atoms with E-state index in [-0.39, 0.29) is 26.3 Å². The van der Waals surface area contributed by atoms with Crippen molar-refractivity contribution in [3.8, 4) is 0 Å². The number of carbonyl (C=O) groups is 3. The summed E-state index contributed by atoms with van der Waals surface area (Å²) in [4.78, 5) is 34.0. The molecule has 0 heterocycles. The molecule has 9 heteroatoms. The summed E-state index contributed by atoms with van der Waals surface area (Å²) in [6, 6.07) is -2.23. The van der Waals surface area contributed by atoms with Gasteiger partial charge in [-0.05, 0) is 0 Å². The molecule has 0 aromatic heterocycles. The van der Waals surface area contributed by atoms with E-state index >= 15 is 0 Å². The third kappa shape index (κ3) is 6.01. The Hall–Kier alpha value is -1.87. The summed E-state index contributed by atoms with van der Waals surface area (Å²) in [5.74, 6) is -2.26. The zero-order valence-corrected chi connectivity index (χ0v) is 9.70. The zero-order valence-electron chi connectivity index (χ0n) is 9.70. The molecule has 0 unspecified atom stereocenters. The van der Waals surface area contributed by atoms with Crippen molar-refractivity contribution >= 4 is 17.9 Å². The number of aliphatic carboxylic acids is 1. The number of hydrogen-bond acceptors (Lipinski definition) is 5. The number of nitrogens with one attached hydrogen (secondary N) is 1. The molecule has 104 valence electrons. The second kappa shape index (κ2) is 8.25. The maximum atomic E-state index is 11.6. The van der Waals surface area contributed by atoms with Gasteiger partial charge in [0.1, 0.15) is 6.04 Å². The number of aliphatic hydroxyl groups is 2. The minimum atomic E-state index is -1.44. The topological polar surface area (TPSA) is 153 Å². The molecule has 0 spiro atoms. The van der Waals surface area contributed by atoms with Crippen LogP contribution in [0.1, 0.15) is 6.42 Å². The Bertz CT molecular complexity index is 303. The van der Waals surface area contributed by atoms with Crippen molar-refractivity contribution in [1.29, 1.82) is 0 Å². The fraction of sp³-hybridized carbons (Fsp3) is 0.667. The number of rotatable bonds is 8. The fourth-order valence-corrected chi connectivity index (χ4v) is 1.20. The molecule has 0 aliphatic carbocycles. The van der Waals surface area contributed by atoms with Gasteiger partial charge in [0, 0.05) is 13.1 Å². The van der Waals surface area contributed by atoms with Crippen LogP contribution in [-0.4, -0.2) is 70.5 Å². The molecule has 0 fully saturated rings. The molecule has 0 bridgehead atoms. The molecule has 9 nitrogen and oxygen atoms in total. The largest absolute Gasteiger partial charge is 0.480 e. The van der Waals surface area contributed by atoms with Crippen LogP contribution in [0, 0.1) is 0 Å². The van der Waals surface area contributed by atoms with Gasteiger partial charge in [-0.25, -0.2) is 9.59 Å². The number of nitrogens with two attached hydrogens (primary N) is 1. The van der Waals surface area contributed by atoms with Gasteiger partial charge < -0.3 is 31.3 Å². The highest BCUT2D eigenvalue weighted by atomic mass is 16.4. The van der Waals surface area contributed by atoms with Crippen molar-refractivity contribution in [1.82, 2.24) is 10.2 Å². The van der Waals surface area contributed by atoms with Gasteiger partial charge in [-0.2, -0.15) is 0 Å². The van der Waals surface area contributed by atoms with Crippen LogP contribution in [0.4, 0.5) is 4.79 Å². The Morgan fingerprint density at radius 1 is 1.17 bits per heavy atom. The Morgan fingerprint density at radius 2 is 1.67 bits per heavy atom. The first-order valence-corrected chi connectivity index (χ1v) is 5.20. The van der Waals surface area contributed by atoms with E-state index in [0.717, 1.165) is 4.90 Å². The Balaban J connectivity index is 4.54. The molecule has 0 aromatic carbocycles. The molecule has 0 radical (unpaired) electrons.